The van der Waals surface area contributed by atoms with Gasteiger partial charge in [0.1, 0.15) is 12.4 Å². The number of aromatic amines is 1. The van der Waals surface area contributed by atoms with E-state index in [0.717, 1.165) is 16.9 Å². The van der Waals surface area contributed by atoms with Crippen molar-refractivity contribution in [3.05, 3.63) is 68.9 Å². The Morgan fingerprint density at radius 2 is 1.78 bits per heavy atom. The number of nitrogens with zero attached hydrogens (tertiary/aromatic N) is 3. The number of alkyl halides is 3. The molecule has 8 nitrogen and oxygen atoms in total. The maximum absolute atomic E-state index is 12.7. The first-order valence-corrected chi connectivity index (χ1v) is 10.0. The summed E-state index contributed by atoms with van der Waals surface area (Å²) in [5.41, 5.74) is -1.71. The van der Waals surface area contributed by atoms with Gasteiger partial charge in [-0.3, -0.25) is 19.5 Å². The number of anilines is 1. The highest BCUT2D eigenvalue weighted by Gasteiger charge is 2.31. The Balaban J connectivity index is 1.35. The van der Waals surface area contributed by atoms with Crippen molar-refractivity contribution >= 4 is 22.5 Å². The van der Waals surface area contributed by atoms with Crippen LogP contribution in [-0.4, -0.2) is 39.8 Å². The molecule has 0 aliphatic carbocycles. The quantitative estimate of drug-likeness (QED) is 0.636. The molecule has 32 heavy (non-hydrogen) atoms. The maximum atomic E-state index is 12.7. The number of fused-ring (bicyclic) bond motifs is 1. The summed E-state index contributed by atoms with van der Waals surface area (Å²) in [5.74, 6) is 0.0344. The van der Waals surface area contributed by atoms with Crippen LogP contribution in [0.2, 0.25) is 0 Å². The number of pyridine rings is 1. The second-order valence-electron chi connectivity index (χ2n) is 7.61. The number of amides is 1. The largest absolute Gasteiger partial charge is 0.417 e. The molecule has 3 aromatic rings. The van der Waals surface area contributed by atoms with Gasteiger partial charge in [0.15, 0.2) is 0 Å². The number of hydrogen-bond acceptors (Lipinski definition) is 5. The Kier molecular flexibility index (Phi) is 5.72. The van der Waals surface area contributed by atoms with E-state index in [9.17, 15) is 27.6 Å². The van der Waals surface area contributed by atoms with Crippen LogP contribution in [-0.2, 0) is 17.5 Å². The van der Waals surface area contributed by atoms with E-state index in [0.29, 0.717) is 31.7 Å². The Bertz CT molecular complexity index is 1240. The predicted molar refractivity (Wildman–Crippen MR) is 111 cm³/mol. The number of nitrogens with one attached hydrogen (secondary N) is 2. The van der Waals surface area contributed by atoms with Gasteiger partial charge in [-0.25, -0.2) is 9.67 Å². The molecule has 2 aromatic heterocycles. The summed E-state index contributed by atoms with van der Waals surface area (Å²) < 4.78 is 39.0. The summed E-state index contributed by atoms with van der Waals surface area (Å²) in [6, 6.07) is 8.55. The van der Waals surface area contributed by atoms with Crippen molar-refractivity contribution in [1.29, 1.82) is 0 Å². The topological polar surface area (TPSA) is 100 Å². The molecule has 2 N–H and O–H groups in total. The smallest absolute Gasteiger partial charge is 0.356 e. The molecule has 4 rings (SSSR count). The van der Waals surface area contributed by atoms with Crippen molar-refractivity contribution in [3.63, 3.8) is 0 Å². The van der Waals surface area contributed by atoms with Gasteiger partial charge in [0, 0.05) is 25.3 Å². The average molecular weight is 447 g/mol. The molecule has 0 atom stereocenters. The van der Waals surface area contributed by atoms with Crippen LogP contribution in [0.4, 0.5) is 19.0 Å². The van der Waals surface area contributed by atoms with Gasteiger partial charge in [-0.1, -0.05) is 12.1 Å². The first-order chi connectivity index (χ1) is 15.2. The highest BCUT2D eigenvalue weighted by Crippen LogP contribution is 2.29. The molecule has 11 heteroatoms. The molecule has 168 valence electrons. The van der Waals surface area contributed by atoms with E-state index in [1.807, 2.05) is 4.90 Å². The van der Waals surface area contributed by atoms with Crippen LogP contribution in [0.25, 0.3) is 10.8 Å². The molecular weight excluding hydrogens is 427 g/mol. The molecule has 0 spiro atoms. The lowest BCUT2D eigenvalue weighted by atomic mass is 10.0. The molecule has 1 aliphatic heterocycles. The number of carbonyl (C=O) groups excluding carboxylic acids is 1. The van der Waals surface area contributed by atoms with Crippen LogP contribution < -0.4 is 21.3 Å². The van der Waals surface area contributed by atoms with Crippen LogP contribution in [0, 0.1) is 0 Å². The van der Waals surface area contributed by atoms with Gasteiger partial charge >= 0.3 is 6.18 Å². The summed E-state index contributed by atoms with van der Waals surface area (Å²) in [6.07, 6.45) is -2.49. The van der Waals surface area contributed by atoms with Gasteiger partial charge in [-0.05, 0) is 37.1 Å². The van der Waals surface area contributed by atoms with E-state index in [1.54, 1.807) is 18.2 Å². The van der Waals surface area contributed by atoms with Crippen LogP contribution in [0.3, 0.4) is 0 Å². The molecule has 3 heterocycles. The second kappa shape index (κ2) is 8.48. The molecule has 1 amide bonds. The summed E-state index contributed by atoms with van der Waals surface area (Å²) in [5, 5.41) is 5.77. The minimum Gasteiger partial charge on any atom is -0.356 e. The number of piperidine rings is 1. The Morgan fingerprint density at radius 1 is 1.09 bits per heavy atom. The number of hydrogen-bond donors (Lipinski definition) is 2. The standard InChI is InChI=1S/C21H20F3N5O3/c22-21(23,24)13-5-6-17(25-11-13)28-9-7-14(8-10-28)26-18(30)12-29-20(32)16-4-2-1-3-15(16)19(31)27-29/h1-6,11,14H,7-10,12H2,(H,26,30)(H,27,31). The van der Waals surface area contributed by atoms with E-state index in [4.69, 9.17) is 0 Å². The zero-order valence-corrected chi connectivity index (χ0v) is 16.9. The highest BCUT2D eigenvalue weighted by molar-refractivity contribution is 5.81. The lowest BCUT2D eigenvalue weighted by Gasteiger charge is -2.33. The Morgan fingerprint density at radius 3 is 2.41 bits per heavy atom. The van der Waals surface area contributed by atoms with Gasteiger partial charge in [0.2, 0.25) is 5.91 Å². The van der Waals surface area contributed by atoms with Crippen LogP contribution in [0.1, 0.15) is 18.4 Å². The highest BCUT2D eigenvalue weighted by atomic mass is 19.4. The van der Waals surface area contributed by atoms with Crippen molar-refractivity contribution in [3.8, 4) is 0 Å². The zero-order valence-electron chi connectivity index (χ0n) is 16.9. The predicted octanol–water partition coefficient (Wildman–Crippen LogP) is 1.89. The van der Waals surface area contributed by atoms with Crippen molar-refractivity contribution in [2.45, 2.75) is 31.6 Å². The van der Waals surface area contributed by atoms with Crippen molar-refractivity contribution in [2.75, 3.05) is 18.0 Å². The van der Waals surface area contributed by atoms with Gasteiger partial charge in [0.05, 0.1) is 16.3 Å². The van der Waals surface area contributed by atoms with Crippen molar-refractivity contribution in [2.24, 2.45) is 0 Å². The normalized spacial score (nSPS) is 15.2. The monoisotopic (exact) mass is 447 g/mol. The van der Waals surface area contributed by atoms with Gasteiger partial charge < -0.3 is 10.2 Å². The molecule has 1 saturated heterocycles. The van der Waals surface area contributed by atoms with Crippen molar-refractivity contribution in [1.82, 2.24) is 20.1 Å². The summed E-state index contributed by atoms with van der Waals surface area (Å²) in [4.78, 5) is 42.9. The summed E-state index contributed by atoms with van der Waals surface area (Å²) >= 11 is 0. The third-order valence-electron chi connectivity index (χ3n) is 5.44. The molecule has 0 saturated carbocycles. The number of benzene rings is 1. The maximum Gasteiger partial charge on any atom is 0.417 e. The Labute approximate surface area is 179 Å². The molecule has 0 radical (unpaired) electrons. The van der Waals surface area contributed by atoms with E-state index in [2.05, 4.69) is 15.4 Å². The van der Waals surface area contributed by atoms with E-state index < -0.39 is 28.8 Å². The summed E-state index contributed by atoms with van der Waals surface area (Å²) in [6.45, 7) is 0.700. The van der Waals surface area contributed by atoms with E-state index in [1.165, 1.54) is 12.1 Å². The van der Waals surface area contributed by atoms with Gasteiger partial charge in [-0.15, -0.1) is 0 Å². The lowest BCUT2D eigenvalue weighted by molar-refractivity contribution is -0.137. The third kappa shape index (κ3) is 4.51. The van der Waals surface area contributed by atoms with Gasteiger partial charge in [-0.2, -0.15) is 13.2 Å². The third-order valence-corrected chi connectivity index (χ3v) is 5.44. The molecule has 0 unspecified atom stereocenters. The second-order valence-corrected chi connectivity index (χ2v) is 7.61. The Hall–Kier alpha value is -3.63. The minimum atomic E-state index is -4.43. The first kappa shape index (κ1) is 21.6. The van der Waals surface area contributed by atoms with Crippen LogP contribution in [0.5, 0.6) is 0 Å². The fourth-order valence-corrected chi connectivity index (χ4v) is 3.77. The zero-order chi connectivity index (χ0) is 22.9. The molecule has 0 bridgehead atoms. The molecule has 1 aromatic carbocycles. The molecule has 1 fully saturated rings. The number of halogens is 3. The molecule has 1 aliphatic rings. The average Bonchev–Trinajstić information content (AvgIpc) is 2.77. The fraction of sp³-hybridized carbons (Fsp3) is 0.333. The van der Waals surface area contributed by atoms with E-state index in [-0.39, 0.29) is 23.4 Å². The minimum absolute atomic E-state index is 0.156. The molecular formula is C21H20F3N5O3. The SMILES string of the molecule is O=C(Cn1[nH]c(=O)c2ccccc2c1=O)NC1CCN(c2ccc(C(F)(F)F)cn2)CC1. The number of rotatable bonds is 4. The lowest BCUT2D eigenvalue weighted by Crippen LogP contribution is -2.46. The first-order valence-electron chi connectivity index (χ1n) is 10.0. The van der Waals surface area contributed by atoms with Crippen LogP contribution >= 0.6 is 0 Å². The van der Waals surface area contributed by atoms with Crippen molar-refractivity contribution < 1.29 is 18.0 Å². The fourth-order valence-electron chi connectivity index (χ4n) is 3.77. The summed E-state index contributed by atoms with van der Waals surface area (Å²) in [7, 11) is 0. The number of H-pyrrole nitrogens is 1. The van der Waals surface area contributed by atoms with Crippen LogP contribution in [0.15, 0.2) is 52.2 Å². The number of carbonyl (C=O) groups is 1. The number of aromatic nitrogens is 3. The van der Waals surface area contributed by atoms with E-state index >= 15 is 0 Å². The van der Waals surface area contributed by atoms with Gasteiger partial charge in [0.25, 0.3) is 11.1 Å².